The van der Waals surface area contributed by atoms with Crippen LogP contribution in [0.5, 0.6) is 5.75 Å². The maximum Gasteiger partial charge on any atom is 0.123 e. The third-order valence-electron chi connectivity index (χ3n) is 4.60. The molecule has 0 atom stereocenters. The first-order valence-corrected chi connectivity index (χ1v) is 9.25. The molecule has 26 heavy (non-hydrogen) atoms. The van der Waals surface area contributed by atoms with Crippen LogP contribution in [0.15, 0.2) is 72.8 Å². The van der Waals surface area contributed by atoms with Gasteiger partial charge in [-0.25, -0.2) is 0 Å². The van der Waals surface area contributed by atoms with E-state index in [0.29, 0.717) is 13.0 Å². The van der Waals surface area contributed by atoms with Gasteiger partial charge in [-0.2, -0.15) is 0 Å². The standard InChI is InChI=1S/C24H26O2/c1-2-19-8-10-20(11-9-19)16-23-13-12-21(14-15-25)17-24(23)26-18-22-6-4-3-5-7-22/h3-13,17,25H,2,14-16,18H2,1H3. The number of aliphatic hydroxyl groups excluding tert-OH is 1. The van der Waals surface area contributed by atoms with Crippen molar-refractivity contribution in [2.45, 2.75) is 32.8 Å². The van der Waals surface area contributed by atoms with Crippen LogP contribution >= 0.6 is 0 Å². The summed E-state index contributed by atoms with van der Waals surface area (Å²) in [6, 6.07) is 25.3. The van der Waals surface area contributed by atoms with Gasteiger partial charge in [0.1, 0.15) is 12.4 Å². The van der Waals surface area contributed by atoms with Crippen LogP contribution in [0.2, 0.25) is 0 Å². The summed E-state index contributed by atoms with van der Waals surface area (Å²) in [5.74, 6) is 0.902. The Morgan fingerprint density at radius 1 is 0.769 bits per heavy atom. The highest BCUT2D eigenvalue weighted by molar-refractivity contribution is 5.41. The zero-order chi connectivity index (χ0) is 18.2. The van der Waals surface area contributed by atoms with Crippen molar-refractivity contribution in [2.24, 2.45) is 0 Å². The lowest BCUT2D eigenvalue weighted by Crippen LogP contribution is -2.01. The van der Waals surface area contributed by atoms with Crippen LogP contribution in [0.25, 0.3) is 0 Å². The molecule has 2 heteroatoms. The Morgan fingerprint density at radius 3 is 2.15 bits per heavy atom. The van der Waals surface area contributed by atoms with Crippen molar-refractivity contribution in [1.82, 2.24) is 0 Å². The second-order valence-corrected chi connectivity index (χ2v) is 6.54. The van der Waals surface area contributed by atoms with Crippen molar-refractivity contribution >= 4 is 0 Å². The topological polar surface area (TPSA) is 29.5 Å². The Hall–Kier alpha value is -2.58. The minimum Gasteiger partial charge on any atom is -0.489 e. The number of hydrogen-bond acceptors (Lipinski definition) is 2. The summed E-state index contributed by atoms with van der Waals surface area (Å²) in [5, 5.41) is 9.23. The minimum absolute atomic E-state index is 0.149. The van der Waals surface area contributed by atoms with Crippen LogP contribution in [0.4, 0.5) is 0 Å². The predicted octanol–water partition coefficient (Wildman–Crippen LogP) is 4.95. The zero-order valence-electron chi connectivity index (χ0n) is 15.3. The fourth-order valence-corrected chi connectivity index (χ4v) is 3.01. The molecule has 0 spiro atoms. The van der Waals surface area contributed by atoms with E-state index in [4.69, 9.17) is 4.74 Å². The van der Waals surface area contributed by atoms with Gasteiger partial charge in [0.15, 0.2) is 0 Å². The van der Waals surface area contributed by atoms with Crippen LogP contribution in [0.3, 0.4) is 0 Å². The average Bonchev–Trinajstić information content (AvgIpc) is 2.69. The lowest BCUT2D eigenvalue weighted by atomic mass is 10.00. The van der Waals surface area contributed by atoms with Gasteiger partial charge in [0.2, 0.25) is 0 Å². The number of rotatable bonds is 8. The summed E-state index contributed by atoms with van der Waals surface area (Å²) in [4.78, 5) is 0. The molecule has 0 bridgehead atoms. The Bertz CT molecular complexity index is 807. The van der Waals surface area contributed by atoms with Crippen LogP contribution in [0, 0.1) is 0 Å². The summed E-state index contributed by atoms with van der Waals surface area (Å²) in [6.45, 7) is 2.87. The van der Waals surface area contributed by atoms with Crippen LogP contribution < -0.4 is 4.74 Å². The molecule has 0 saturated heterocycles. The largest absolute Gasteiger partial charge is 0.489 e. The van der Waals surface area contributed by atoms with Gasteiger partial charge in [-0.05, 0) is 46.7 Å². The first-order valence-electron chi connectivity index (χ1n) is 9.25. The Kier molecular flexibility index (Phi) is 6.45. The molecule has 134 valence electrons. The van der Waals surface area contributed by atoms with Gasteiger partial charge in [0.25, 0.3) is 0 Å². The van der Waals surface area contributed by atoms with Crippen molar-refractivity contribution in [3.05, 3.63) is 101 Å². The summed E-state index contributed by atoms with van der Waals surface area (Å²) < 4.78 is 6.15. The molecular formula is C24H26O2. The summed E-state index contributed by atoms with van der Waals surface area (Å²) in [7, 11) is 0. The van der Waals surface area contributed by atoms with E-state index in [0.717, 1.165) is 29.7 Å². The molecule has 2 nitrogen and oxygen atoms in total. The fraction of sp³-hybridized carbons (Fsp3) is 0.250. The van der Waals surface area contributed by atoms with Crippen molar-refractivity contribution < 1.29 is 9.84 Å². The Morgan fingerprint density at radius 2 is 1.46 bits per heavy atom. The van der Waals surface area contributed by atoms with Gasteiger partial charge < -0.3 is 9.84 Å². The number of benzene rings is 3. The molecule has 0 aliphatic rings. The summed E-state index contributed by atoms with van der Waals surface area (Å²) in [5.41, 5.74) is 6.06. The van der Waals surface area contributed by atoms with Crippen molar-refractivity contribution in [3.63, 3.8) is 0 Å². The quantitative estimate of drug-likeness (QED) is 0.625. The van der Waals surface area contributed by atoms with Gasteiger partial charge in [-0.1, -0.05) is 73.7 Å². The molecule has 1 N–H and O–H groups in total. The van der Waals surface area contributed by atoms with Gasteiger partial charge in [0, 0.05) is 13.0 Å². The van der Waals surface area contributed by atoms with E-state index >= 15 is 0 Å². The van der Waals surface area contributed by atoms with E-state index in [9.17, 15) is 5.11 Å². The molecular weight excluding hydrogens is 320 g/mol. The second-order valence-electron chi connectivity index (χ2n) is 6.54. The molecule has 3 aromatic rings. The molecule has 0 unspecified atom stereocenters. The normalized spacial score (nSPS) is 10.7. The van der Waals surface area contributed by atoms with Crippen LogP contribution in [-0.4, -0.2) is 11.7 Å². The molecule has 0 aliphatic carbocycles. The molecule has 0 radical (unpaired) electrons. The van der Waals surface area contributed by atoms with Crippen LogP contribution in [-0.2, 0) is 25.9 Å². The lowest BCUT2D eigenvalue weighted by Gasteiger charge is -2.14. The molecule has 0 aliphatic heterocycles. The number of aryl methyl sites for hydroxylation is 1. The third-order valence-corrected chi connectivity index (χ3v) is 4.60. The SMILES string of the molecule is CCc1ccc(Cc2ccc(CCO)cc2OCc2ccccc2)cc1. The smallest absolute Gasteiger partial charge is 0.123 e. The van der Waals surface area contributed by atoms with Gasteiger partial charge in [0.05, 0.1) is 0 Å². The average molecular weight is 346 g/mol. The first kappa shape index (κ1) is 18.2. The maximum absolute atomic E-state index is 9.23. The molecule has 3 aromatic carbocycles. The highest BCUT2D eigenvalue weighted by atomic mass is 16.5. The molecule has 3 rings (SSSR count). The van der Waals surface area contributed by atoms with Gasteiger partial charge >= 0.3 is 0 Å². The van der Waals surface area contributed by atoms with E-state index in [-0.39, 0.29) is 6.61 Å². The van der Waals surface area contributed by atoms with E-state index in [2.05, 4.69) is 61.5 Å². The number of aliphatic hydroxyl groups is 1. The first-order chi connectivity index (χ1) is 12.8. The summed E-state index contributed by atoms with van der Waals surface area (Å²) in [6.07, 6.45) is 2.54. The van der Waals surface area contributed by atoms with Crippen molar-refractivity contribution in [2.75, 3.05) is 6.61 Å². The van der Waals surface area contributed by atoms with E-state index in [1.54, 1.807) is 0 Å². The van der Waals surface area contributed by atoms with E-state index < -0.39 is 0 Å². The molecule has 0 amide bonds. The predicted molar refractivity (Wildman–Crippen MR) is 107 cm³/mol. The fourth-order valence-electron chi connectivity index (χ4n) is 3.01. The molecule has 0 heterocycles. The van der Waals surface area contributed by atoms with Crippen molar-refractivity contribution in [3.8, 4) is 5.75 Å². The second kappa shape index (κ2) is 9.21. The Labute approximate surface area is 156 Å². The molecule has 0 fully saturated rings. The molecule has 0 aromatic heterocycles. The summed E-state index contributed by atoms with van der Waals surface area (Å²) >= 11 is 0. The zero-order valence-corrected chi connectivity index (χ0v) is 15.3. The third kappa shape index (κ3) is 4.96. The van der Waals surface area contributed by atoms with E-state index in [1.807, 2.05) is 18.2 Å². The number of ether oxygens (including phenoxy) is 1. The van der Waals surface area contributed by atoms with E-state index in [1.165, 1.54) is 16.7 Å². The van der Waals surface area contributed by atoms with Crippen LogP contribution in [0.1, 0.15) is 34.7 Å². The maximum atomic E-state index is 9.23. The Balaban J connectivity index is 1.80. The number of hydrogen-bond donors (Lipinski definition) is 1. The van der Waals surface area contributed by atoms with Gasteiger partial charge in [-0.3, -0.25) is 0 Å². The van der Waals surface area contributed by atoms with Crippen molar-refractivity contribution in [1.29, 1.82) is 0 Å². The minimum atomic E-state index is 0.149. The highest BCUT2D eigenvalue weighted by Gasteiger charge is 2.08. The monoisotopic (exact) mass is 346 g/mol. The molecule has 0 saturated carbocycles. The highest BCUT2D eigenvalue weighted by Crippen LogP contribution is 2.25. The lowest BCUT2D eigenvalue weighted by molar-refractivity contribution is 0.295. The van der Waals surface area contributed by atoms with Gasteiger partial charge in [-0.15, -0.1) is 0 Å².